The molecule has 0 bridgehead atoms. The Morgan fingerprint density at radius 3 is 3.20 bits per heavy atom. The molecule has 0 aliphatic carbocycles. The van der Waals surface area contributed by atoms with E-state index in [1.807, 2.05) is 12.2 Å². The third kappa shape index (κ3) is 2.23. The largest absolute Gasteiger partial charge is 0.260 e. The summed E-state index contributed by atoms with van der Waals surface area (Å²) in [4.78, 5) is 3.91. The molecule has 0 amide bonds. The summed E-state index contributed by atoms with van der Waals surface area (Å²) in [6.07, 6.45) is 6.35. The van der Waals surface area contributed by atoms with Crippen molar-refractivity contribution < 1.29 is 0 Å². The Labute approximate surface area is 65.0 Å². The fourth-order valence-electron chi connectivity index (χ4n) is 0.565. The third-order valence-electron chi connectivity index (χ3n) is 1.01. The summed E-state index contributed by atoms with van der Waals surface area (Å²) in [5, 5.41) is 6.42. The van der Waals surface area contributed by atoms with Crippen molar-refractivity contribution in [2.24, 2.45) is 0 Å². The molecule has 1 N–H and O–H groups in total. The van der Waals surface area contributed by atoms with E-state index in [2.05, 4.69) is 27.8 Å². The minimum Gasteiger partial charge on any atom is -0.260 e. The molecule has 0 fully saturated rings. The highest BCUT2D eigenvalue weighted by molar-refractivity contribution is 7.80. The van der Waals surface area contributed by atoms with E-state index < -0.39 is 0 Å². The van der Waals surface area contributed by atoms with Crippen molar-refractivity contribution in [3.05, 3.63) is 18.2 Å². The van der Waals surface area contributed by atoms with E-state index in [0.29, 0.717) is 0 Å². The van der Waals surface area contributed by atoms with Gasteiger partial charge in [-0.05, 0) is 18.2 Å². The topological polar surface area (TPSA) is 41.6 Å². The second-order valence-electron chi connectivity index (χ2n) is 1.79. The predicted molar refractivity (Wildman–Crippen MR) is 43.9 cm³/mol. The average molecular weight is 155 g/mol. The van der Waals surface area contributed by atoms with E-state index >= 15 is 0 Å². The molecule has 1 heterocycles. The molecule has 1 rings (SSSR count). The van der Waals surface area contributed by atoms with Crippen LogP contribution in [-0.4, -0.2) is 20.9 Å². The van der Waals surface area contributed by atoms with Crippen molar-refractivity contribution in [2.75, 3.05) is 5.75 Å². The summed E-state index contributed by atoms with van der Waals surface area (Å²) < 4.78 is 0. The summed E-state index contributed by atoms with van der Waals surface area (Å²) in [6, 6.07) is 0. The van der Waals surface area contributed by atoms with Gasteiger partial charge in [0.05, 0.1) is 0 Å². The van der Waals surface area contributed by atoms with Crippen LogP contribution in [0.2, 0.25) is 0 Å². The normalized spacial score (nSPS) is 10.9. The third-order valence-corrected chi connectivity index (χ3v) is 1.26. The van der Waals surface area contributed by atoms with Crippen LogP contribution in [0.25, 0.3) is 6.08 Å². The number of nitrogens with one attached hydrogen (secondary N) is 1. The number of aromatic nitrogens is 3. The minimum absolute atomic E-state index is 0.793. The number of rotatable bonds is 3. The van der Waals surface area contributed by atoms with Gasteiger partial charge in [0.1, 0.15) is 12.2 Å². The van der Waals surface area contributed by atoms with Crippen LogP contribution in [0.15, 0.2) is 12.4 Å². The van der Waals surface area contributed by atoms with Gasteiger partial charge in [-0.1, -0.05) is 6.08 Å². The number of nitrogens with zero attached hydrogens (tertiary/aromatic N) is 2. The molecule has 1 aromatic rings. The van der Waals surface area contributed by atoms with Gasteiger partial charge < -0.3 is 0 Å². The highest BCUT2D eigenvalue weighted by Crippen LogP contribution is 1.92. The van der Waals surface area contributed by atoms with E-state index in [9.17, 15) is 0 Å². The van der Waals surface area contributed by atoms with E-state index in [0.717, 1.165) is 18.0 Å². The lowest BCUT2D eigenvalue weighted by atomic mass is 10.4. The van der Waals surface area contributed by atoms with Crippen molar-refractivity contribution in [1.29, 1.82) is 0 Å². The number of thiol groups is 1. The minimum atomic E-state index is 0.793. The van der Waals surface area contributed by atoms with Gasteiger partial charge in [-0.15, -0.1) is 0 Å². The van der Waals surface area contributed by atoms with Gasteiger partial charge in [0, 0.05) is 0 Å². The van der Waals surface area contributed by atoms with Crippen molar-refractivity contribution in [2.45, 2.75) is 6.42 Å². The first-order valence-corrected chi connectivity index (χ1v) is 3.69. The molecule has 0 radical (unpaired) electrons. The maximum atomic E-state index is 4.05. The molecule has 0 aromatic carbocycles. The summed E-state index contributed by atoms with van der Waals surface area (Å²) in [7, 11) is 0. The van der Waals surface area contributed by atoms with Crippen LogP contribution in [0.3, 0.4) is 0 Å². The van der Waals surface area contributed by atoms with Crippen LogP contribution in [-0.2, 0) is 0 Å². The second-order valence-corrected chi connectivity index (χ2v) is 2.23. The first kappa shape index (κ1) is 7.34. The lowest BCUT2D eigenvalue weighted by molar-refractivity contribution is 1.08. The first-order valence-electron chi connectivity index (χ1n) is 3.06. The molecule has 1 aromatic heterocycles. The van der Waals surface area contributed by atoms with Crippen LogP contribution in [0.5, 0.6) is 0 Å². The monoisotopic (exact) mass is 155 g/mol. The number of hydrogen-bond donors (Lipinski definition) is 2. The molecule has 3 nitrogen and oxygen atoms in total. The zero-order valence-corrected chi connectivity index (χ0v) is 6.38. The Morgan fingerprint density at radius 2 is 2.60 bits per heavy atom. The molecule has 0 atom stereocenters. The quantitative estimate of drug-likeness (QED) is 0.643. The lowest BCUT2D eigenvalue weighted by Gasteiger charge is -1.81. The van der Waals surface area contributed by atoms with Crippen LogP contribution < -0.4 is 0 Å². The first-order chi connectivity index (χ1) is 4.93. The van der Waals surface area contributed by atoms with E-state index in [1.54, 1.807) is 0 Å². The van der Waals surface area contributed by atoms with Crippen LogP contribution in [0.4, 0.5) is 0 Å². The molecule has 0 aliphatic rings. The van der Waals surface area contributed by atoms with E-state index in [-0.39, 0.29) is 0 Å². The van der Waals surface area contributed by atoms with Crippen molar-refractivity contribution >= 4 is 18.7 Å². The molecule has 0 saturated carbocycles. The van der Waals surface area contributed by atoms with Crippen molar-refractivity contribution in [1.82, 2.24) is 15.2 Å². The predicted octanol–water partition coefficient (Wildman–Crippen LogP) is 1.14. The van der Waals surface area contributed by atoms with E-state index in [4.69, 9.17) is 0 Å². The van der Waals surface area contributed by atoms with Gasteiger partial charge in [0.15, 0.2) is 0 Å². The Balaban J connectivity index is 2.40. The Kier molecular flexibility index (Phi) is 3.02. The Bertz CT molecular complexity index is 193. The molecule has 10 heavy (non-hydrogen) atoms. The van der Waals surface area contributed by atoms with Crippen LogP contribution in [0, 0.1) is 0 Å². The second kappa shape index (κ2) is 4.11. The average Bonchev–Trinajstić information content (AvgIpc) is 2.41. The van der Waals surface area contributed by atoms with Gasteiger partial charge in [0.2, 0.25) is 0 Å². The molecular formula is C6H9N3S. The summed E-state index contributed by atoms with van der Waals surface area (Å²) in [5.41, 5.74) is 0. The molecule has 0 aliphatic heterocycles. The molecule has 54 valence electrons. The number of aromatic amines is 1. The van der Waals surface area contributed by atoms with Gasteiger partial charge >= 0.3 is 0 Å². The molecule has 0 unspecified atom stereocenters. The maximum Gasteiger partial charge on any atom is 0.147 e. The highest BCUT2D eigenvalue weighted by atomic mass is 32.1. The lowest BCUT2D eigenvalue weighted by Crippen LogP contribution is -1.74. The zero-order chi connectivity index (χ0) is 7.23. The SMILES string of the molecule is SCCC=Cc1ncn[nH]1. The summed E-state index contributed by atoms with van der Waals surface area (Å²) in [5.74, 6) is 1.66. The fraction of sp³-hybridized carbons (Fsp3) is 0.333. The van der Waals surface area contributed by atoms with Gasteiger partial charge in [0.25, 0.3) is 0 Å². The van der Waals surface area contributed by atoms with Crippen molar-refractivity contribution in [3.63, 3.8) is 0 Å². The van der Waals surface area contributed by atoms with Crippen LogP contribution >= 0.6 is 12.6 Å². The zero-order valence-electron chi connectivity index (χ0n) is 5.49. The molecular weight excluding hydrogens is 146 g/mol. The molecule has 0 saturated heterocycles. The van der Waals surface area contributed by atoms with Crippen molar-refractivity contribution in [3.8, 4) is 0 Å². The fourth-order valence-corrected chi connectivity index (χ4v) is 0.714. The summed E-state index contributed by atoms with van der Waals surface area (Å²) >= 11 is 4.05. The summed E-state index contributed by atoms with van der Waals surface area (Å²) in [6.45, 7) is 0. The van der Waals surface area contributed by atoms with Gasteiger partial charge in [-0.25, -0.2) is 4.98 Å². The number of H-pyrrole nitrogens is 1. The standard InChI is InChI=1S/C6H9N3S/c10-4-2-1-3-6-7-5-8-9-6/h1,3,5,10H,2,4H2,(H,7,8,9). The van der Waals surface area contributed by atoms with Gasteiger partial charge in [-0.3, -0.25) is 5.10 Å². The van der Waals surface area contributed by atoms with Gasteiger partial charge in [-0.2, -0.15) is 17.7 Å². The highest BCUT2D eigenvalue weighted by Gasteiger charge is 1.84. The Hall–Kier alpha value is -0.770. The van der Waals surface area contributed by atoms with E-state index in [1.165, 1.54) is 6.33 Å². The number of allylic oxidation sites excluding steroid dienone is 1. The van der Waals surface area contributed by atoms with Crippen LogP contribution in [0.1, 0.15) is 12.2 Å². The Morgan fingerprint density at radius 1 is 1.70 bits per heavy atom. The molecule has 4 heteroatoms. The number of hydrogen-bond acceptors (Lipinski definition) is 3. The smallest absolute Gasteiger partial charge is 0.147 e. The molecule has 0 spiro atoms. The maximum absolute atomic E-state index is 4.05.